The number of carbonyl (C=O) groups is 1. The number of methoxy groups -OCH3 is 1. The van der Waals surface area contributed by atoms with Crippen LogP contribution >= 0.6 is 0 Å². The minimum atomic E-state index is -1.00. The average molecular weight is 294 g/mol. The van der Waals surface area contributed by atoms with Crippen molar-refractivity contribution in [2.24, 2.45) is 5.92 Å². The summed E-state index contributed by atoms with van der Waals surface area (Å²) in [6.07, 6.45) is 2.57. The van der Waals surface area contributed by atoms with Gasteiger partial charge in [0, 0.05) is 24.3 Å². The summed E-state index contributed by atoms with van der Waals surface area (Å²) in [6.45, 7) is 5.73. The first-order valence-electron chi connectivity index (χ1n) is 6.82. The number of ether oxygens (including phenoxy) is 3. The van der Waals surface area contributed by atoms with Crippen molar-refractivity contribution in [3.63, 3.8) is 0 Å². The molecule has 0 aromatic heterocycles. The van der Waals surface area contributed by atoms with Crippen molar-refractivity contribution in [3.05, 3.63) is 29.8 Å². The van der Waals surface area contributed by atoms with Crippen LogP contribution in [-0.2, 0) is 9.53 Å². The van der Waals surface area contributed by atoms with Crippen LogP contribution in [0, 0.1) is 5.92 Å². The summed E-state index contributed by atoms with van der Waals surface area (Å²) in [5.41, 5.74) is 0.682. The van der Waals surface area contributed by atoms with Crippen molar-refractivity contribution >= 4 is 12.0 Å². The molecular weight excluding hydrogens is 272 g/mol. The van der Waals surface area contributed by atoms with E-state index in [1.807, 2.05) is 0 Å². The highest BCUT2D eigenvalue weighted by molar-refractivity contribution is 5.86. The zero-order valence-corrected chi connectivity index (χ0v) is 12.7. The van der Waals surface area contributed by atoms with Gasteiger partial charge in [0.2, 0.25) is 0 Å². The van der Waals surface area contributed by atoms with Gasteiger partial charge in [0.15, 0.2) is 0 Å². The first kappa shape index (κ1) is 17.0. The maximum absolute atomic E-state index is 10.6. The average Bonchev–Trinajstić information content (AvgIpc) is 2.44. The molecule has 0 heterocycles. The van der Waals surface area contributed by atoms with E-state index in [9.17, 15) is 4.79 Å². The van der Waals surface area contributed by atoms with Crippen LogP contribution in [0.1, 0.15) is 19.4 Å². The number of rotatable bonds is 9. The van der Waals surface area contributed by atoms with Crippen molar-refractivity contribution in [2.75, 3.05) is 26.9 Å². The molecule has 5 nitrogen and oxygen atoms in total. The van der Waals surface area contributed by atoms with Crippen molar-refractivity contribution in [2.45, 2.75) is 13.8 Å². The Balaban J connectivity index is 2.66. The fourth-order valence-corrected chi connectivity index (χ4v) is 1.60. The predicted octanol–water partition coefficient (Wildman–Crippen LogP) is 2.84. The molecule has 1 aromatic carbocycles. The van der Waals surface area contributed by atoms with Gasteiger partial charge in [0.05, 0.1) is 13.7 Å². The maximum atomic E-state index is 10.6. The summed E-state index contributed by atoms with van der Waals surface area (Å²) < 4.78 is 16.2. The van der Waals surface area contributed by atoms with Crippen LogP contribution in [0.4, 0.5) is 0 Å². The SMILES string of the molecule is COc1ccc(/C=C/C(=O)O)c(OCCOCC(C)C)c1. The van der Waals surface area contributed by atoms with Crippen LogP contribution in [0.2, 0.25) is 0 Å². The monoisotopic (exact) mass is 294 g/mol. The molecule has 1 aromatic rings. The zero-order chi connectivity index (χ0) is 15.7. The van der Waals surface area contributed by atoms with Crippen molar-refractivity contribution < 1.29 is 24.1 Å². The molecule has 0 saturated carbocycles. The van der Waals surface area contributed by atoms with Crippen molar-refractivity contribution in [1.29, 1.82) is 0 Å². The van der Waals surface area contributed by atoms with Gasteiger partial charge in [-0.1, -0.05) is 13.8 Å². The van der Waals surface area contributed by atoms with E-state index in [2.05, 4.69) is 13.8 Å². The number of aliphatic carboxylic acids is 1. The summed E-state index contributed by atoms with van der Waals surface area (Å²) in [6, 6.07) is 5.23. The number of hydrogen-bond donors (Lipinski definition) is 1. The van der Waals surface area contributed by atoms with E-state index < -0.39 is 5.97 Å². The lowest BCUT2D eigenvalue weighted by atomic mass is 10.1. The van der Waals surface area contributed by atoms with E-state index in [1.165, 1.54) is 6.08 Å². The second-order valence-corrected chi connectivity index (χ2v) is 4.89. The third-order valence-corrected chi connectivity index (χ3v) is 2.56. The molecule has 0 amide bonds. The van der Waals surface area contributed by atoms with E-state index in [0.717, 1.165) is 6.08 Å². The molecule has 0 aliphatic heterocycles. The van der Waals surface area contributed by atoms with Gasteiger partial charge in [-0.25, -0.2) is 4.79 Å². The summed E-state index contributed by atoms with van der Waals surface area (Å²) in [7, 11) is 1.57. The van der Waals surface area contributed by atoms with E-state index in [-0.39, 0.29) is 0 Å². The molecule has 5 heteroatoms. The Morgan fingerprint density at radius 1 is 1.33 bits per heavy atom. The van der Waals surface area contributed by atoms with Crippen LogP contribution in [-0.4, -0.2) is 38.0 Å². The smallest absolute Gasteiger partial charge is 0.328 e. The fraction of sp³-hybridized carbons (Fsp3) is 0.438. The molecule has 0 aliphatic carbocycles. The first-order valence-corrected chi connectivity index (χ1v) is 6.82. The molecule has 0 spiro atoms. The first-order chi connectivity index (χ1) is 10.0. The van der Waals surface area contributed by atoms with Gasteiger partial charge in [-0.2, -0.15) is 0 Å². The normalized spacial score (nSPS) is 11.0. The Hall–Kier alpha value is -2.01. The summed E-state index contributed by atoms with van der Waals surface area (Å²) >= 11 is 0. The van der Waals surface area contributed by atoms with Crippen molar-refractivity contribution in [1.82, 2.24) is 0 Å². The third-order valence-electron chi connectivity index (χ3n) is 2.56. The Labute approximate surface area is 125 Å². The molecule has 0 radical (unpaired) electrons. The Kier molecular flexibility index (Phi) is 7.32. The zero-order valence-electron chi connectivity index (χ0n) is 12.7. The lowest BCUT2D eigenvalue weighted by molar-refractivity contribution is -0.131. The fourth-order valence-electron chi connectivity index (χ4n) is 1.60. The highest BCUT2D eigenvalue weighted by Crippen LogP contribution is 2.26. The van der Waals surface area contributed by atoms with Crippen molar-refractivity contribution in [3.8, 4) is 11.5 Å². The van der Waals surface area contributed by atoms with Gasteiger partial charge in [0.25, 0.3) is 0 Å². The van der Waals surface area contributed by atoms with Gasteiger partial charge in [0.1, 0.15) is 18.1 Å². The molecule has 0 atom stereocenters. The second-order valence-electron chi connectivity index (χ2n) is 4.89. The minimum absolute atomic E-state index is 0.397. The van der Waals surface area contributed by atoms with Gasteiger partial charge >= 0.3 is 5.97 Å². The molecule has 0 fully saturated rings. The van der Waals surface area contributed by atoms with E-state index in [4.69, 9.17) is 19.3 Å². The Morgan fingerprint density at radius 3 is 2.71 bits per heavy atom. The topological polar surface area (TPSA) is 65.0 Å². The molecule has 0 bridgehead atoms. The maximum Gasteiger partial charge on any atom is 0.328 e. The molecule has 1 rings (SSSR count). The van der Waals surface area contributed by atoms with Crippen LogP contribution in [0.5, 0.6) is 11.5 Å². The quantitative estimate of drug-likeness (QED) is 0.560. The number of benzene rings is 1. The highest BCUT2D eigenvalue weighted by atomic mass is 16.5. The van der Waals surface area contributed by atoms with Crippen LogP contribution in [0.25, 0.3) is 6.08 Å². The molecule has 0 saturated heterocycles. The summed E-state index contributed by atoms with van der Waals surface area (Å²) in [5, 5.41) is 8.69. The largest absolute Gasteiger partial charge is 0.497 e. The number of carboxylic acids is 1. The highest BCUT2D eigenvalue weighted by Gasteiger charge is 2.04. The van der Waals surface area contributed by atoms with Gasteiger partial charge in [-0.05, 0) is 24.1 Å². The number of hydrogen-bond acceptors (Lipinski definition) is 4. The van der Waals surface area contributed by atoms with Crippen LogP contribution in [0.15, 0.2) is 24.3 Å². The molecule has 1 N–H and O–H groups in total. The Morgan fingerprint density at radius 2 is 2.10 bits per heavy atom. The number of carboxylic acid groups (broad SMARTS) is 1. The molecular formula is C16H22O5. The third kappa shape index (κ3) is 6.81. The summed E-state index contributed by atoms with van der Waals surface area (Å²) in [4.78, 5) is 10.6. The van der Waals surface area contributed by atoms with Gasteiger partial charge < -0.3 is 19.3 Å². The van der Waals surface area contributed by atoms with E-state index in [0.29, 0.717) is 42.8 Å². The molecule has 21 heavy (non-hydrogen) atoms. The minimum Gasteiger partial charge on any atom is -0.497 e. The molecule has 0 aliphatic rings. The lowest BCUT2D eigenvalue weighted by Gasteiger charge is -2.12. The predicted molar refractivity (Wildman–Crippen MR) is 80.8 cm³/mol. The van der Waals surface area contributed by atoms with Crippen LogP contribution < -0.4 is 9.47 Å². The molecule has 0 unspecified atom stereocenters. The second kappa shape index (κ2) is 9.02. The standard InChI is InChI=1S/C16H22O5/c1-12(2)11-20-8-9-21-15-10-14(19-3)6-4-13(15)5-7-16(17)18/h4-7,10,12H,8-9,11H2,1-3H3,(H,17,18)/b7-5+. The van der Waals surface area contributed by atoms with E-state index >= 15 is 0 Å². The summed E-state index contributed by atoms with van der Waals surface area (Å²) in [5.74, 6) is 0.702. The van der Waals surface area contributed by atoms with E-state index in [1.54, 1.807) is 25.3 Å². The van der Waals surface area contributed by atoms with Gasteiger partial charge in [-0.3, -0.25) is 0 Å². The van der Waals surface area contributed by atoms with Crippen LogP contribution in [0.3, 0.4) is 0 Å². The molecule has 116 valence electrons. The Bertz CT molecular complexity index is 480. The van der Waals surface area contributed by atoms with Gasteiger partial charge in [-0.15, -0.1) is 0 Å². The lowest BCUT2D eigenvalue weighted by Crippen LogP contribution is -2.10.